The zero-order valence-corrected chi connectivity index (χ0v) is 10.7. The molecule has 0 unspecified atom stereocenters. The third-order valence-electron chi connectivity index (χ3n) is 2.20. The Hall–Kier alpha value is -1.46. The monoisotopic (exact) mass is 267 g/mol. The van der Waals surface area contributed by atoms with Crippen LogP contribution in [-0.2, 0) is 6.54 Å². The van der Waals surface area contributed by atoms with E-state index in [0.717, 1.165) is 5.69 Å². The number of halogens is 1. The van der Waals surface area contributed by atoms with Crippen molar-refractivity contribution in [2.75, 3.05) is 7.05 Å². The molecule has 0 spiro atoms. The van der Waals surface area contributed by atoms with Crippen molar-refractivity contribution in [1.29, 1.82) is 0 Å². The van der Waals surface area contributed by atoms with E-state index in [1.165, 1.54) is 17.5 Å². The number of nitrogens with zero attached hydrogens (tertiary/aromatic N) is 3. The highest BCUT2D eigenvalue weighted by Crippen LogP contribution is 2.11. The van der Waals surface area contributed by atoms with Gasteiger partial charge in [-0.05, 0) is 12.1 Å². The van der Waals surface area contributed by atoms with Gasteiger partial charge in [-0.2, -0.15) is 0 Å². The summed E-state index contributed by atoms with van der Waals surface area (Å²) < 4.78 is 0. The highest BCUT2D eigenvalue weighted by Gasteiger charge is 2.13. The van der Waals surface area contributed by atoms with Crippen molar-refractivity contribution >= 4 is 28.8 Å². The molecule has 0 fully saturated rings. The fourth-order valence-corrected chi connectivity index (χ4v) is 2.11. The molecule has 2 aromatic rings. The summed E-state index contributed by atoms with van der Waals surface area (Å²) in [5.74, 6) is -0.0951. The molecule has 4 nitrogen and oxygen atoms in total. The van der Waals surface area contributed by atoms with Crippen LogP contribution in [0, 0.1) is 0 Å². The number of thiazole rings is 1. The van der Waals surface area contributed by atoms with Gasteiger partial charge in [0.15, 0.2) is 0 Å². The zero-order chi connectivity index (χ0) is 12.3. The number of rotatable bonds is 3. The number of hydrogen-bond donors (Lipinski definition) is 0. The van der Waals surface area contributed by atoms with E-state index in [1.54, 1.807) is 29.6 Å². The Bertz CT molecular complexity index is 515. The first-order valence-electron chi connectivity index (χ1n) is 4.91. The molecule has 17 heavy (non-hydrogen) atoms. The summed E-state index contributed by atoms with van der Waals surface area (Å²) in [4.78, 5) is 21.6. The van der Waals surface area contributed by atoms with E-state index in [4.69, 9.17) is 11.6 Å². The van der Waals surface area contributed by atoms with Crippen molar-refractivity contribution in [3.63, 3.8) is 0 Å². The number of amides is 1. The van der Waals surface area contributed by atoms with Gasteiger partial charge in [0.1, 0.15) is 5.15 Å². The first-order chi connectivity index (χ1) is 8.16. The van der Waals surface area contributed by atoms with Crippen LogP contribution in [0.3, 0.4) is 0 Å². The summed E-state index contributed by atoms with van der Waals surface area (Å²) >= 11 is 7.26. The van der Waals surface area contributed by atoms with Crippen molar-refractivity contribution in [2.45, 2.75) is 6.54 Å². The largest absolute Gasteiger partial charge is 0.336 e. The second kappa shape index (κ2) is 5.25. The molecule has 88 valence electrons. The Morgan fingerprint density at radius 2 is 2.35 bits per heavy atom. The molecule has 0 aromatic carbocycles. The number of hydrogen-bond acceptors (Lipinski definition) is 4. The van der Waals surface area contributed by atoms with Gasteiger partial charge >= 0.3 is 0 Å². The van der Waals surface area contributed by atoms with Crippen LogP contribution in [0.1, 0.15) is 16.1 Å². The Morgan fingerprint density at radius 3 is 3.00 bits per heavy atom. The van der Waals surface area contributed by atoms with Crippen LogP contribution in [0.25, 0.3) is 0 Å². The van der Waals surface area contributed by atoms with Gasteiger partial charge in [0.25, 0.3) is 5.91 Å². The molecular formula is C11H10ClN3OS. The fourth-order valence-electron chi connectivity index (χ4n) is 1.39. The van der Waals surface area contributed by atoms with Crippen LogP contribution in [0.4, 0.5) is 0 Å². The van der Waals surface area contributed by atoms with Crippen molar-refractivity contribution < 1.29 is 4.79 Å². The molecule has 2 heterocycles. The van der Waals surface area contributed by atoms with Gasteiger partial charge in [-0.25, -0.2) is 9.97 Å². The lowest BCUT2D eigenvalue weighted by Gasteiger charge is -2.15. The van der Waals surface area contributed by atoms with Gasteiger partial charge < -0.3 is 4.90 Å². The van der Waals surface area contributed by atoms with Gasteiger partial charge in [-0.1, -0.05) is 11.6 Å². The minimum absolute atomic E-state index is 0.0951. The molecule has 2 rings (SSSR count). The topological polar surface area (TPSA) is 46.1 Å². The van der Waals surface area contributed by atoms with E-state index >= 15 is 0 Å². The average molecular weight is 268 g/mol. The van der Waals surface area contributed by atoms with Crippen molar-refractivity contribution in [1.82, 2.24) is 14.9 Å². The average Bonchev–Trinajstić information content (AvgIpc) is 2.80. The van der Waals surface area contributed by atoms with E-state index in [9.17, 15) is 4.79 Å². The zero-order valence-electron chi connectivity index (χ0n) is 9.13. The van der Waals surface area contributed by atoms with Crippen LogP contribution >= 0.6 is 22.9 Å². The van der Waals surface area contributed by atoms with Crippen LogP contribution in [0.15, 0.2) is 29.2 Å². The Balaban J connectivity index is 2.09. The Kier molecular flexibility index (Phi) is 3.71. The molecule has 0 aliphatic rings. The quantitative estimate of drug-likeness (QED) is 0.803. The summed E-state index contributed by atoms with van der Waals surface area (Å²) in [6.45, 7) is 0.488. The smallest absolute Gasteiger partial charge is 0.254 e. The summed E-state index contributed by atoms with van der Waals surface area (Å²) in [7, 11) is 1.73. The summed E-state index contributed by atoms with van der Waals surface area (Å²) in [5, 5.41) is 2.24. The van der Waals surface area contributed by atoms with Gasteiger partial charge in [0.2, 0.25) is 0 Å². The fraction of sp³-hybridized carbons (Fsp3) is 0.182. The van der Waals surface area contributed by atoms with Gasteiger partial charge in [0, 0.05) is 24.2 Å². The third-order valence-corrected chi connectivity index (χ3v) is 3.04. The normalized spacial score (nSPS) is 10.2. The molecule has 0 aliphatic heterocycles. The highest BCUT2D eigenvalue weighted by molar-refractivity contribution is 7.07. The minimum atomic E-state index is -0.0951. The van der Waals surface area contributed by atoms with Crippen LogP contribution < -0.4 is 0 Å². The SMILES string of the molecule is CN(Cc1cscn1)C(=O)c1ccnc(Cl)c1. The third kappa shape index (κ3) is 3.01. The van der Waals surface area contributed by atoms with E-state index in [0.29, 0.717) is 17.3 Å². The lowest BCUT2D eigenvalue weighted by molar-refractivity contribution is 0.0783. The molecule has 6 heteroatoms. The predicted molar refractivity (Wildman–Crippen MR) is 67.2 cm³/mol. The second-order valence-corrected chi connectivity index (χ2v) is 4.61. The Morgan fingerprint density at radius 1 is 1.53 bits per heavy atom. The van der Waals surface area contributed by atoms with Crippen LogP contribution in [-0.4, -0.2) is 27.8 Å². The van der Waals surface area contributed by atoms with E-state index in [-0.39, 0.29) is 5.91 Å². The molecule has 1 amide bonds. The highest BCUT2D eigenvalue weighted by atomic mass is 35.5. The van der Waals surface area contributed by atoms with Gasteiger partial charge in [-0.15, -0.1) is 11.3 Å². The number of aromatic nitrogens is 2. The molecule has 0 N–H and O–H groups in total. The van der Waals surface area contributed by atoms with Gasteiger partial charge in [-0.3, -0.25) is 4.79 Å². The maximum absolute atomic E-state index is 12.0. The number of carbonyl (C=O) groups excluding carboxylic acids is 1. The van der Waals surface area contributed by atoms with E-state index < -0.39 is 0 Å². The molecule has 0 bridgehead atoms. The Labute approximate surface area is 108 Å². The first kappa shape index (κ1) is 12.0. The molecule has 0 saturated carbocycles. The van der Waals surface area contributed by atoms with E-state index in [2.05, 4.69) is 9.97 Å². The van der Waals surface area contributed by atoms with Gasteiger partial charge in [0.05, 0.1) is 17.7 Å². The lowest BCUT2D eigenvalue weighted by atomic mass is 10.2. The predicted octanol–water partition coefficient (Wildman–Crippen LogP) is 2.46. The molecular weight excluding hydrogens is 258 g/mol. The van der Waals surface area contributed by atoms with Crippen molar-refractivity contribution in [3.05, 3.63) is 45.6 Å². The number of pyridine rings is 1. The summed E-state index contributed by atoms with van der Waals surface area (Å²) in [5.41, 5.74) is 3.16. The molecule has 0 saturated heterocycles. The van der Waals surface area contributed by atoms with Crippen molar-refractivity contribution in [2.24, 2.45) is 0 Å². The maximum Gasteiger partial charge on any atom is 0.254 e. The lowest BCUT2D eigenvalue weighted by Crippen LogP contribution is -2.26. The molecule has 0 atom stereocenters. The molecule has 0 radical (unpaired) electrons. The molecule has 0 aliphatic carbocycles. The maximum atomic E-state index is 12.0. The first-order valence-corrected chi connectivity index (χ1v) is 6.23. The van der Waals surface area contributed by atoms with Crippen molar-refractivity contribution in [3.8, 4) is 0 Å². The molecule has 2 aromatic heterocycles. The summed E-state index contributed by atoms with van der Waals surface area (Å²) in [6.07, 6.45) is 1.52. The second-order valence-electron chi connectivity index (χ2n) is 3.51. The minimum Gasteiger partial charge on any atom is -0.336 e. The number of carbonyl (C=O) groups is 1. The standard InChI is InChI=1S/C11H10ClN3OS/c1-15(5-9-6-17-7-14-9)11(16)8-2-3-13-10(12)4-8/h2-4,6-7H,5H2,1H3. The summed E-state index contributed by atoms with van der Waals surface area (Å²) in [6, 6.07) is 3.20. The van der Waals surface area contributed by atoms with E-state index in [1.807, 2.05) is 5.38 Å². The van der Waals surface area contributed by atoms with Crippen LogP contribution in [0.2, 0.25) is 5.15 Å². The van der Waals surface area contributed by atoms with Crippen LogP contribution in [0.5, 0.6) is 0 Å².